The van der Waals surface area contributed by atoms with Gasteiger partial charge in [0.05, 0.1) is 25.0 Å². The minimum absolute atomic E-state index is 0.00951. The molecular formula is C14H19NO4. The fourth-order valence-electron chi connectivity index (χ4n) is 3.05. The highest BCUT2D eigenvalue weighted by Gasteiger charge is 2.51. The quantitative estimate of drug-likeness (QED) is 0.528. The maximum atomic E-state index is 12.1. The first-order valence-electron chi connectivity index (χ1n) is 6.52. The molecule has 1 amide bonds. The van der Waals surface area contributed by atoms with E-state index in [9.17, 15) is 14.7 Å². The molecule has 5 heteroatoms. The smallest absolute Gasteiger partial charge is 0.307 e. The molecule has 19 heavy (non-hydrogen) atoms. The molecule has 2 rings (SSSR count). The van der Waals surface area contributed by atoms with E-state index in [1.807, 2.05) is 12.2 Å². The van der Waals surface area contributed by atoms with Crippen LogP contribution in [-0.4, -0.2) is 36.7 Å². The molecule has 0 aromatic rings. The Hall–Kier alpha value is -1.62. The molecule has 0 aliphatic heterocycles. The third kappa shape index (κ3) is 2.87. The van der Waals surface area contributed by atoms with Crippen LogP contribution in [-0.2, 0) is 14.3 Å². The molecule has 2 bridgehead atoms. The Bertz CT molecular complexity index is 404. The van der Waals surface area contributed by atoms with Gasteiger partial charge < -0.3 is 15.2 Å². The molecule has 1 saturated carbocycles. The maximum absolute atomic E-state index is 12.1. The summed E-state index contributed by atoms with van der Waals surface area (Å²) in [6.45, 7) is 4.78. The van der Waals surface area contributed by atoms with Crippen LogP contribution in [0, 0.1) is 23.7 Å². The number of ether oxygens (including phenoxy) is 1. The van der Waals surface area contributed by atoms with Gasteiger partial charge >= 0.3 is 5.97 Å². The monoisotopic (exact) mass is 265 g/mol. The highest BCUT2D eigenvalue weighted by atomic mass is 16.5. The summed E-state index contributed by atoms with van der Waals surface area (Å²) in [4.78, 5) is 23.4. The number of carboxylic acid groups (broad SMARTS) is 1. The molecular weight excluding hydrogens is 246 g/mol. The van der Waals surface area contributed by atoms with Crippen molar-refractivity contribution in [1.29, 1.82) is 0 Å². The average molecular weight is 265 g/mol. The molecule has 0 heterocycles. The molecule has 0 spiro atoms. The second-order valence-corrected chi connectivity index (χ2v) is 4.99. The minimum atomic E-state index is -0.875. The Labute approximate surface area is 112 Å². The Balaban J connectivity index is 1.86. The third-order valence-corrected chi connectivity index (χ3v) is 3.83. The molecule has 2 aliphatic carbocycles. The van der Waals surface area contributed by atoms with Gasteiger partial charge in [-0.3, -0.25) is 9.59 Å². The molecule has 0 saturated heterocycles. The maximum Gasteiger partial charge on any atom is 0.307 e. The number of nitrogens with one attached hydrogen (secondary N) is 1. The van der Waals surface area contributed by atoms with Crippen molar-refractivity contribution >= 4 is 11.9 Å². The molecule has 5 nitrogen and oxygen atoms in total. The van der Waals surface area contributed by atoms with Gasteiger partial charge in [0, 0.05) is 6.54 Å². The summed E-state index contributed by atoms with van der Waals surface area (Å²) >= 11 is 0. The van der Waals surface area contributed by atoms with Crippen molar-refractivity contribution in [2.24, 2.45) is 23.7 Å². The van der Waals surface area contributed by atoms with Gasteiger partial charge in [0.25, 0.3) is 0 Å². The van der Waals surface area contributed by atoms with E-state index in [1.54, 1.807) is 6.08 Å². The molecule has 0 radical (unpaired) electrons. The average Bonchev–Trinajstić information content (AvgIpc) is 2.98. The van der Waals surface area contributed by atoms with E-state index in [1.165, 1.54) is 0 Å². The van der Waals surface area contributed by atoms with Crippen LogP contribution in [0.4, 0.5) is 0 Å². The first kappa shape index (κ1) is 13.8. The lowest BCUT2D eigenvalue weighted by Crippen LogP contribution is -2.41. The van der Waals surface area contributed by atoms with Crippen LogP contribution in [0.3, 0.4) is 0 Å². The number of hydrogen-bond donors (Lipinski definition) is 2. The predicted molar refractivity (Wildman–Crippen MR) is 69.4 cm³/mol. The van der Waals surface area contributed by atoms with Gasteiger partial charge in [-0.2, -0.15) is 0 Å². The zero-order valence-corrected chi connectivity index (χ0v) is 10.7. The lowest BCUT2D eigenvalue weighted by molar-refractivity contribution is -0.147. The van der Waals surface area contributed by atoms with Gasteiger partial charge in [-0.05, 0) is 18.3 Å². The van der Waals surface area contributed by atoms with E-state index in [0.29, 0.717) is 19.8 Å². The number of rotatable bonds is 7. The van der Waals surface area contributed by atoms with Crippen molar-refractivity contribution < 1.29 is 19.4 Å². The second-order valence-electron chi connectivity index (χ2n) is 4.99. The zero-order chi connectivity index (χ0) is 13.8. The van der Waals surface area contributed by atoms with Crippen molar-refractivity contribution in [2.45, 2.75) is 6.42 Å². The van der Waals surface area contributed by atoms with E-state index in [4.69, 9.17) is 4.74 Å². The summed E-state index contributed by atoms with van der Waals surface area (Å²) in [5.74, 6) is -1.99. The van der Waals surface area contributed by atoms with Gasteiger partial charge in [0.1, 0.15) is 0 Å². The van der Waals surface area contributed by atoms with Crippen LogP contribution >= 0.6 is 0 Å². The number of allylic oxidation sites excluding steroid dienone is 2. The largest absolute Gasteiger partial charge is 0.481 e. The number of carbonyl (C=O) groups excluding carboxylic acids is 1. The first-order valence-corrected chi connectivity index (χ1v) is 6.52. The summed E-state index contributed by atoms with van der Waals surface area (Å²) in [7, 11) is 0. The molecule has 0 aromatic heterocycles. The molecule has 1 fully saturated rings. The summed E-state index contributed by atoms with van der Waals surface area (Å²) in [5.41, 5.74) is 0. The van der Waals surface area contributed by atoms with Crippen molar-refractivity contribution in [3.63, 3.8) is 0 Å². The van der Waals surface area contributed by atoms with Crippen molar-refractivity contribution in [1.82, 2.24) is 5.32 Å². The Morgan fingerprint density at radius 3 is 2.68 bits per heavy atom. The van der Waals surface area contributed by atoms with Gasteiger partial charge in [0.15, 0.2) is 0 Å². The third-order valence-electron chi connectivity index (χ3n) is 3.83. The lowest BCUT2D eigenvalue weighted by atomic mass is 9.82. The van der Waals surface area contributed by atoms with Crippen LogP contribution in [0.2, 0.25) is 0 Å². The highest BCUT2D eigenvalue weighted by molar-refractivity contribution is 5.86. The molecule has 2 aliphatic rings. The Morgan fingerprint density at radius 1 is 1.37 bits per heavy atom. The van der Waals surface area contributed by atoms with Gasteiger partial charge in [-0.25, -0.2) is 0 Å². The Morgan fingerprint density at radius 2 is 2.05 bits per heavy atom. The molecule has 104 valence electrons. The summed E-state index contributed by atoms with van der Waals surface area (Å²) < 4.78 is 5.17. The standard InChI is InChI=1S/C14H19NO4/c1-2-6-19-7-5-15-13(16)11-9-3-4-10(8-9)12(11)14(17)18/h2-4,9-12H,1,5-8H2,(H,15,16)(H,17,18)/t9-,10+,11+,12-/m0/s1. The molecule has 0 unspecified atom stereocenters. The fraction of sp³-hybridized carbons (Fsp3) is 0.571. The van der Waals surface area contributed by atoms with E-state index >= 15 is 0 Å². The normalized spacial score (nSPS) is 31.4. The van der Waals surface area contributed by atoms with E-state index in [2.05, 4.69) is 11.9 Å². The van der Waals surface area contributed by atoms with Crippen LogP contribution in [0.25, 0.3) is 0 Å². The number of fused-ring (bicyclic) bond motifs is 2. The van der Waals surface area contributed by atoms with E-state index in [0.717, 1.165) is 6.42 Å². The van der Waals surface area contributed by atoms with E-state index in [-0.39, 0.29) is 17.7 Å². The van der Waals surface area contributed by atoms with Gasteiger partial charge in [0.2, 0.25) is 5.91 Å². The summed E-state index contributed by atoms with van der Waals surface area (Å²) in [6.07, 6.45) is 6.33. The van der Waals surface area contributed by atoms with Gasteiger partial charge in [-0.1, -0.05) is 18.2 Å². The first-order chi connectivity index (χ1) is 9.15. The number of carbonyl (C=O) groups is 2. The molecule has 0 aromatic carbocycles. The number of amides is 1. The predicted octanol–water partition coefficient (Wildman–Crippen LogP) is 0.828. The van der Waals surface area contributed by atoms with Crippen molar-refractivity contribution in [3.8, 4) is 0 Å². The molecule has 2 N–H and O–H groups in total. The van der Waals surface area contributed by atoms with E-state index < -0.39 is 17.8 Å². The number of hydrogen-bond acceptors (Lipinski definition) is 3. The van der Waals surface area contributed by atoms with Crippen molar-refractivity contribution in [2.75, 3.05) is 19.8 Å². The molecule has 4 atom stereocenters. The van der Waals surface area contributed by atoms with Crippen LogP contribution in [0.15, 0.2) is 24.8 Å². The summed E-state index contributed by atoms with van der Waals surface area (Å²) in [5, 5.41) is 12.0. The van der Waals surface area contributed by atoms with Crippen LogP contribution in [0.1, 0.15) is 6.42 Å². The Kier molecular flexibility index (Phi) is 4.37. The highest BCUT2D eigenvalue weighted by Crippen LogP contribution is 2.48. The zero-order valence-electron chi connectivity index (χ0n) is 10.7. The minimum Gasteiger partial charge on any atom is -0.481 e. The van der Waals surface area contributed by atoms with Crippen LogP contribution < -0.4 is 5.32 Å². The van der Waals surface area contributed by atoms with Gasteiger partial charge in [-0.15, -0.1) is 6.58 Å². The number of aliphatic carboxylic acids is 1. The topological polar surface area (TPSA) is 75.6 Å². The SMILES string of the molecule is C=CCOCCNC(=O)[C@H]1[C@@H](C(=O)O)[C@@H]2C=C[C@H]1C2. The summed E-state index contributed by atoms with van der Waals surface area (Å²) in [6, 6.07) is 0. The van der Waals surface area contributed by atoms with Crippen molar-refractivity contribution in [3.05, 3.63) is 24.8 Å². The number of carboxylic acids is 1. The second kappa shape index (κ2) is 6.02. The van der Waals surface area contributed by atoms with Crippen LogP contribution in [0.5, 0.6) is 0 Å². The fourth-order valence-corrected chi connectivity index (χ4v) is 3.05. The lowest BCUT2D eigenvalue weighted by Gasteiger charge is -2.23.